The van der Waals surface area contributed by atoms with Crippen LogP contribution in [0.15, 0.2) is 12.2 Å². The number of allylic oxidation sites excluding steroid dienone is 2. The molecule has 0 radical (unpaired) electrons. The Bertz CT molecular complexity index is 462. The second-order valence-corrected chi connectivity index (χ2v) is 7.23. The summed E-state index contributed by atoms with van der Waals surface area (Å²) in [7, 11) is 1.65. The van der Waals surface area contributed by atoms with Crippen LogP contribution in [0.4, 0.5) is 0 Å². The quantitative estimate of drug-likeness (QED) is 0.586. The summed E-state index contributed by atoms with van der Waals surface area (Å²) in [6.45, 7) is 7.60. The van der Waals surface area contributed by atoms with E-state index in [0.717, 1.165) is 0 Å². The van der Waals surface area contributed by atoms with Crippen LogP contribution in [-0.2, 0) is 23.7 Å². The predicted octanol–water partition coefficient (Wildman–Crippen LogP) is 2.20. The van der Waals surface area contributed by atoms with E-state index in [9.17, 15) is 4.79 Å². The monoisotopic (exact) mass is 324 g/mol. The Morgan fingerprint density at radius 2 is 1.70 bits per heavy atom. The van der Waals surface area contributed by atoms with Crippen LogP contribution in [0.2, 0.25) is 0 Å². The Kier molecular flexibility index (Phi) is 5.09. The molecule has 5 heteroatoms. The Morgan fingerprint density at radius 1 is 1.04 bits per heavy atom. The molecule has 0 spiro atoms. The zero-order chi connectivity index (χ0) is 16.6. The van der Waals surface area contributed by atoms with Crippen LogP contribution < -0.4 is 0 Å². The molecule has 0 aromatic heterocycles. The number of ether oxygens (including phenoxy) is 4. The van der Waals surface area contributed by atoms with Gasteiger partial charge in [0, 0.05) is 7.11 Å². The lowest BCUT2D eigenvalue weighted by molar-refractivity contribution is -0.155. The summed E-state index contributed by atoms with van der Waals surface area (Å²) in [4.78, 5) is 12.3. The lowest BCUT2D eigenvalue weighted by Gasteiger charge is -2.33. The average molecular weight is 324 g/mol. The third-order valence-corrected chi connectivity index (χ3v) is 5.95. The van der Waals surface area contributed by atoms with Crippen LogP contribution in [0.1, 0.15) is 27.2 Å². The molecule has 0 N–H and O–H groups in total. The summed E-state index contributed by atoms with van der Waals surface area (Å²) < 4.78 is 22.4. The topological polar surface area (TPSA) is 54.0 Å². The van der Waals surface area contributed by atoms with Crippen LogP contribution in [0.3, 0.4) is 0 Å². The Labute approximate surface area is 138 Å². The van der Waals surface area contributed by atoms with Crippen molar-refractivity contribution in [3.63, 3.8) is 0 Å². The van der Waals surface area contributed by atoms with E-state index < -0.39 is 0 Å². The van der Waals surface area contributed by atoms with Gasteiger partial charge in [-0.1, -0.05) is 32.9 Å². The average Bonchev–Trinajstić information content (AvgIpc) is 3.11. The summed E-state index contributed by atoms with van der Waals surface area (Å²) in [6, 6.07) is 0. The fourth-order valence-electron chi connectivity index (χ4n) is 3.93. The van der Waals surface area contributed by atoms with Gasteiger partial charge < -0.3 is 18.9 Å². The van der Waals surface area contributed by atoms with Gasteiger partial charge in [0.05, 0.1) is 19.6 Å². The van der Waals surface area contributed by atoms with Gasteiger partial charge in [-0.3, -0.25) is 4.79 Å². The molecule has 8 atom stereocenters. The maximum absolute atomic E-state index is 12.3. The van der Waals surface area contributed by atoms with Crippen molar-refractivity contribution in [3.05, 3.63) is 12.2 Å². The Balaban J connectivity index is 1.53. The van der Waals surface area contributed by atoms with Crippen molar-refractivity contribution in [1.29, 1.82) is 0 Å². The molecular weight excluding hydrogens is 296 g/mol. The maximum Gasteiger partial charge on any atom is 0.306 e. The van der Waals surface area contributed by atoms with E-state index in [1.54, 1.807) is 7.11 Å². The third-order valence-electron chi connectivity index (χ3n) is 5.95. The van der Waals surface area contributed by atoms with Crippen LogP contribution in [-0.4, -0.2) is 50.7 Å². The number of hydrogen-bond acceptors (Lipinski definition) is 5. The minimum Gasteiger partial charge on any atom is -0.457 e. The van der Waals surface area contributed by atoms with E-state index in [1.165, 1.54) is 0 Å². The van der Waals surface area contributed by atoms with E-state index >= 15 is 0 Å². The zero-order valence-electron chi connectivity index (χ0n) is 14.4. The van der Waals surface area contributed by atoms with Crippen molar-refractivity contribution in [2.24, 2.45) is 23.7 Å². The van der Waals surface area contributed by atoms with Gasteiger partial charge in [-0.2, -0.15) is 0 Å². The van der Waals surface area contributed by atoms with E-state index in [1.807, 2.05) is 0 Å². The molecule has 0 aromatic rings. The van der Waals surface area contributed by atoms with Gasteiger partial charge in [0.2, 0.25) is 0 Å². The highest BCUT2D eigenvalue weighted by atomic mass is 16.6. The van der Waals surface area contributed by atoms with Crippen molar-refractivity contribution in [2.45, 2.75) is 51.6 Å². The summed E-state index contributed by atoms with van der Waals surface area (Å²) >= 11 is 0. The first-order valence-electron chi connectivity index (χ1n) is 8.65. The van der Waals surface area contributed by atoms with Crippen molar-refractivity contribution in [3.8, 4) is 0 Å². The lowest BCUT2D eigenvalue weighted by Crippen LogP contribution is -2.35. The summed E-state index contributed by atoms with van der Waals surface area (Å²) in [5.41, 5.74) is 0. The SMILES string of the molecule is CO[C@@H]1CO[C@H]2[C@@H]1OC[C@@H]2OC(=O)CC1C=CC(C)C(C)C1C. The second kappa shape index (κ2) is 6.91. The Morgan fingerprint density at radius 3 is 2.39 bits per heavy atom. The van der Waals surface area contributed by atoms with Gasteiger partial charge in [-0.25, -0.2) is 0 Å². The van der Waals surface area contributed by atoms with E-state index in [-0.39, 0.29) is 36.3 Å². The molecule has 3 aliphatic rings. The fraction of sp³-hybridized carbons (Fsp3) is 0.833. The minimum absolute atomic E-state index is 0.0626. The normalized spacial score (nSPS) is 45.9. The molecule has 5 nitrogen and oxygen atoms in total. The molecule has 1 aliphatic carbocycles. The smallest absolute Gasteiger partial charge is 0.306 e. The molecule has 0 aromatic carbocycles. The highest BCUT2D eigenvalue weighted by molar-refractivity contribution is 5.70. The minimum atomic E-state index is -0.313. The predicted molar refractivity (Wildman–Crippen MR) is 84.9 cm³/mol. The number of fused-ring (bicyclic) bond motifs is 1. The van der Waals surface area contributed by atoms with Gasteiger partial charge in [0.25, 0.3) is 0 Å². The molecule has 0 bridgehead atoms. The molecule has 2 fully saturated rings. The van der Waals surface area contributed by atoms with Crippen LogP contribution >= 0.6 is 0 Å². The summed E-state index contributed by atoms with van der Waals surface area (Å²) in [5, 5.41) is 0. The molecule has 23 heavy (non-hydrogen) atoms. The second-order valence-electron chi connectivity index (χ2n) is 7.23. The highest BCUT2D eigenvalue weighted by Crippen LogP contribution is 2.36. The third kappa shape index (κ3) is 3.32. The first-order valence-corrected chi connectivity index (χ1v) is 8.65. The molecule has 4 unspecified atom stereocenters. The fourth-order valence-corrected chi connectivity index (χ4v) is 3.93. The summed E-state index contributed by atoms with van der Waals surface area (Å²) in [5.74, 6) is 1.72. The molecule has 0 amide bonds. The van der Waals surface area contributed by atoms with Gasteiger partial charge in [-0.15, -0.1) is 0 Å². The van der Waals surface area contributed by atoms with E-state index in [4.69, 9.17) is 18.9 Å². The Hall–Kier alpha value is -0.910. The molecule has 130 valence electrons. The number of methoxy groups -OCH3 is 1. The summed E-state index contributed by atoms with van der Waals surface area (Å²) in [6.07, 6.45) is 4.14. The molecule has 2 heterocycles. The number of rotatable bonds is 4. The molecule has 2 aliphatic heterocycles. The number of carbonyl (C=O) groups excluding carboxylic acids is 1. The van der Waals surface area contributed by atoms with Gasteiger partial charge in [0.1, 0.15) is 18.3 Å². The van der Waals surface area contributed by atoms with Gasteiger partial charge >= 0.3 is 5.97 Å². The van der Waals surface area contributed by atoms with Gasteiger partial charge in [-0.05, 0) is 23.7 Å². The molecule has 2 saturated heterocycles. The van der Waals surface area contributed by atoms with E-state index in [0.29, 0.717) is 37.4 Å². The van der Waals surface area contributed by atoms with E-state index in [2.05, 4.69) is 32.9 Å². The van der Waals surface area contributed by atoms with Crippen LogP contribution in [0, 0.1) is 23.7 Å². The first kappa shape index (κ1) is 16.9. The van der Waals surface area contributed by atoms with Crippen molar-refractivity contribution in [2.75, 3.05) is 20.3 Å². The molecular formula is C18H28O5. The standard InChI is InChI=1S/C18H28O5/c1-10-5-6-13(12(3)11(10)2)7-16(19)23-15-9-22-17-14(20-4)8-21-18(15)17/h5-6,10-15,17-18H,7-9H2,1-4H3/t10?,11?,12?,13?,14-,15+,17-,18-/m1/s1. The number of esters is 1. The highest BCUT2D eigenvalue weighted by Gasteiger charge is 2.49. The molecule has 0 saturated carbocycles. The number of carbonyl (C=O) groups is 1. The van der Waals surface area contributed by atoms with Crippen molar-refractivity contribution in [1.82, 2.24) is 0 Å². The largest absolute Gasteiger partial charge is 0.457 e. The van der Waals surface area contributed by atoms with Crippen LogP contribution in [0.5, 0.6) is 0 Å². The molecule has 3 rings (SSSR count). The van der Waals surface area contributed by atoms with Crippen molar-refractivity contribution < 1.29 is 23.7 Å². The maximum atomic E-state index is 12.3. The zero-order valence-corrected chi connectivity index (χ0v) is 14.4. The number of hydrogen-bond donors (Lipinski definition) is 0. The first-order chi connectivity index (χ1) is 11.0. The van der Waals surface area contributed by atoms with Gasteiger partial charge in [0.15, 0.2) is 6.10 Å². The van der Waals surface area contributed by atoms with Crippen LogP contribution in [0.25, 0.3) is 0 Å². The lowest BCUT2D eigenvalue weighted by atomic mass is 9.72. The van der Waals surface area contributed by atoms with Crippen molar-refractivity contribution >= 4 is 5.97 Å².